The van der Waals surface area contributed by atoms with E-state index in [1.54, 1.807) is 24.3 Å². The van der Waals surface area contributed by atoms with Crippen molar-refractivity contribution in [1.29, 1.82) is 0 Å². The lowest BCUT2D eigenvalue weighted by Crippen LogP contribution is -2.30. The van der Waals surface area contributed by atoms with Crippen molar-refractivity contribution in [3.8, 4) is 0 Å². The molecule has 0 aromatic heterocycles. The van der Waals surface area contributed by atoms with Crippen molar-refractivity contribution in [2.45, 2.75) is 26.2 Å². The highest BCUT2D eigenvalue weighted by atomic mass is 17.3. The molecule has 20 heavy (non-hydrogen) atoms. The van der Waals surface area contributed by atoms with Gasteiger partial charge in [0.25, 0.3) is 11.8 Å². The van der Waals surface area contributed by atoms with Gasteiger partial charge in [-0.25, -0.2) is 4.89 Å². The van der Waals surface area contributed by atoms with Gasteiger partial charge in [-0.1, -0.05) is 12.1 Å². The number of carbonyl (C=O) groups is 3. The Morgan fingerprint density at radius 1 is 1.10 bits per heavy atom. The Hall–Kier alpha value is -2.05. The standard InChI is InChI=1S/C14H15NO5/c1-10(16)6-4-5-9-19-20-15-13(17)11-7-2-3-8-12(11)14(15)18/h2-3,7-8H,4-6,9H2,1H3. The topological polar surface area (TPSA) is 72.9 Å². The average molecular weight is 277 g/mol. The lowest BCUT2D eigenvalue weighted by Gasteiger charge is -2.11. The Bertz CT molecular complexity index is 505. The molecule has 2 rings (SSSR count). The van der Waals surface area contributed by atoms with E-state index in [9.17, 15) is 14.4 Å². The second-order valence-corrected chi connectivity index (χ2v) is 4.51. The van der Waals surface area contributed by atoms with Crippen LogP contribution in [0.1, 0.15) is 46.9 Å². The van der Waals surface area contributed by atoms with Crippen LogP contribution in [0, 0.1) is 0 Å². The van der Waals surface area contributed by atoms with Gasteiger partial charge in [-0.2, -0.15) is 0 Å². The van der Waals surface area contributed by atoms with E-state index in [0.29, 0.717) is 35.5 Å². The molecule has 1 aromatic carbocycles. The predicted octanol–water partition coefficient (Wildman–Crippen LogP) is 1.91. The molecule has 6 heteroatoms. The van der Waals surface area contributed by atoms with Crippen molar-refractivity contribution >= 4 is 17.6 Å². The lowest BCUT2D eigenvalue weighted by atomic mass is 10.1. The van der Waals surface area contributed by atoms with Gasteiger partial charge in [-0.15, -0.1) is 10.1 Å². The van der Waals surface area contributed by atoms with Crippen LogP contribution in [0.4, 0.5) is 0 Å². The molecular formula is C14H15NO5. The first kappa shape index (κ1) is 14.4. The molecule has 2 amide bonds. The summed E-state index contributed by atoms with van der Waals surface area (Å²) in [7, 11) is 0. The number of rotatable bonds is 7. The number of hydrogen-bond acceptors (Lipinski definition) is 5. The van der Waals surface area contributed by atoms with Crippen LogP contribution in [-0.2, 0) is 14.7 Å². The van der Waals surface area contributed by atoms with Gasteiger partial charge < -0.3 is 4.79 Å². The van der Waals surface area contributed by atoms with Gasteiger partial charge in [-0.05, 0) is 31.9 Å². The Labute approximate surface area is 116 Å². The van der Waals surface area contributed by atoms with E-state index < -0.39 is 11.8 Å². The SMILES string of the molecule is CC(=O)CCCCOON1C(=O)c2ccccc2C1=O. The van der Waals surface area contributed by atoms with E-state index in [2.05, 4.69) is 0 Å². The number of imide groups is 1. The Balaban J connectivity index is 1.79. The molecule has 1 aliphatic heterocycles. The van der Waals surface area contributed by atoms with Crippen molar-refractivity contribution in [3.63, 3.8) is 0 Å². The number of nitrogens with zero attached hydrogens (tertiary/aromatic N) is 1. The number of ketones is 1. The first-order valence-electron chi connectivity index (χ1n) is 6.38. The molecule has 0 saturated heterocycles. The van der Waals surface area contributed by atoms with Crippen molar-refractivity contribution < 1.29 is 24.3 Å². The minimum Gasteiger partial charge on any atom is -0.300 e. The highest BCUT2D eigenvalue weighted by Crippen LogP contribution is 2.22. The maximum Gasteiger partial charge on any atom is 0.288 e. The number of unbranched alkanes of at least 4 members (excludes halogenated alkanes) is 1. The number of hydroxylamine groups is 2. The highest BCUT2D eigenvalue weighted by Gasteiger charge is 2.37. The third-order valence-corrected chi connectivity index (χ3v) is 2.89. The van der Waals surface area contributed by atoms with Gasteiger partial charge in [0.15, 0.2) is 0 Å². The van der Waals surface area contributed by atoms with E-state index >= 15 is 0 Å². The van der Waals surface area contributed by atoms with Crippen molar-refractivity contribution in [2.24, 2.45) is 0 Å². The van der Waals surface area contributed by atoms with Crippen LogP contribution in [0.5, 0.6) is 0 Å². The maximum absolute atomic E-state index is 11.9. The summed E-state index contributed by atoms with van der Waals surface area (Å²) in [4.78, 5) is 44.1. The highest BCUT2D eigenvalue weighted by molar-refractivity contribution is 6.20. The summed E-state index contributed by atoms with van der Waals surface area (Å²) >= 11 is 0. The lowest BCUT2D eigenvalue weighted by molar-refractivity contribution is -0.385. The van der Waals surface area contributed by atoms with Crippen molar-refractivity contribution in [1.82, 2.24) is 5.06 Å². The summed E-state index contributed by atoms with van der Waals surface area (Å²) in [6, 6.07) is 6.48. The molecule has 0 fully saturated rings. The van der Waals surface area contributed by atoms with E-state index in [4.69, 9.17) is 9.88 Å². The zero-order valence-corrected chi connectivity index (χ0v) is 11.1. The van der Waals surface area contributed by atoms with Gasteiger partial charge in [0.2, 0.25) is 0 Å². The van der Waals surface area contributed by atoms with Gasteiger partial charge in [0.1, 0.15) is 5.78 Å². The molecule has 1 aliphatic rings. The molecule has 6 nitrogen and oxygen atoms in total. The molecule has 0 spiro atoms. The largest absolute Gasteiger partial charge is 0.300 e. The number of fused-ring (bicyclic) bond motifs is 1. The fraction of sp³-hybridized carbons (Fsp3) is 0.357. The normalized spacial score (nSPS) is 13.8. The zero-order chi connectivity index (χ0) is 14.5. The number of benzene rings is 1. The first-order valence-corrected chi connectivity index (χ1v) is 6.38. The van der Waals surface area contributed by atoms with E-state index in [1.807, 2.05) is 0 Å². The second kappa shape index (κ2) is 6.40. The third-order valence-electron chi connectivity index (χ3n) is 2.89. The third kappa shape index (κ3) is 3.09. The summed E-state index contributed by atoms with van der Waals surface area (Å²) in [5, 5.41) is 0.607. The summed E-state index contributed by atoms with van der Waals surface area (Å²) in [5.41, 5.74) is 0.607. The van der Waals surface area contributed by atoms with Gasteiger partial charge in [0.05, 0.1) is 17.7 Å². The van der Waals surface area contributed by atoms with E-state index in [1.165, 1.54) is 6.92 Å². The molecule has 1 aromatic rings. The fourth-order valence-electron chi connectivity index (χ4n) is 1.86. The molecule has 0 radical (unpaired) electrons. The molecule has 0 unspecified atom stereocenters. The van der Waals surface area contributed by atoms with Gasteiger partial charge in [0, 0.05) is 6.42 Å². The summed E-state index contributed by atoms with van der Waals surface area (Å²) in [5.74, 6) is -0.949. The minimum absolute atomic E-state index is 0.117. The fourth-order valence-corrected chi connectivity index (χ4v) is 1.86. The van der Waals surface area contributed by atoms with Crippen LogP contribution < -0.4 is 0 Å². The Morgan fingerprint density at radius 3 is 2.25 bits per heavy atom. The number of Topliss-reactive ketones (excluding diaryl/α,β-unsaturated/α-hetero) is 1. The smallest absolute Gasteiger partial charge is 0.288 e. The molecular weight excluding hydrogens is 262 g/mol. The van der Waals surface area contributed by atoms with Gasteiger partial charge in [-0.3, -0.25) is 9.59 Å². The van der Waals surface area contributed by atoms with Crippen LogP contribution in [0.2, 0.25) is 0 Å². The van der Waals surface area contributed by atoms with E-state index in [-0.39, 0.29) is 12.4 Å². The Morgan fingerprint density at radius 2 is 1.70 bits per heavy atom. The summed E-state index contributed by atoms with van der Waals surface area (Å²) < 4.78 is 0. The monoisotopic (exact) mass is 277 g/mol. The Kier molecular flexibility index (Phi) is 4.60. The molecule has 0 atom stereocenters. The zero-order valence-electron chi connectivity index (χ0n) is 11.1. The molecule has 106 valence electrons. The minimum atomic E-state index is -0.533. The second-order valence-electron chi connectivity index (χ2n) is 4.51. The van der Waals surface area contributed by atoms with Crippen LogP contribution >= 0.6 is 0 Å². The number of carbonyl (C=O) groups excluding carboxylic acids is 3. The quantitative estimate of drug-likeness (QED) is 0.329. The number of amides is 2. The summed E-state index contributed by atoms with van der Waals surface area (Å²) in [6.07, 6.45) is 1.78. The van der Waals surface area contributed by atoms with Crippen LogP contribution in [0.25, 0.3) is 0 Å². The molecule has 0 aliphatic carbocycles. The van der Waals surface area contributed by atoms with Crippen LogP contribution in [0.15, 0.2) is 24.3 Å². The number of hydrogen-bond donors (Lipinski definition) is 0. The van der Waals surface area contributed by atoms with Gasteiger partial charge >= 0.3 is 0 Å². The predicted molar refractivity (Wildman–Crippen MR) is 68.5 cm³/mol. The average Bonchev–Trinajstić information content (AvgIpc) is 2.67. The molecule has 0 N–H and O–H groups in total. The molecule has 0 saturated carbocycles. The molecule has 1 heterocycles. The van der Waals surface area contributed by atoms with Crippen molar-refractivity contribution in [2.75, 3.05) is 6.61 Å². The maximum atomic E-state index is 11.9. The van der Waals surface area contributed by atoms with Crippen LogP contribution in [-0.4, -0.2) is 29.3 Å². The van der Waals surface area contributed by atoms with E-state index in [0.717, 1.165) is 0 Å². The first-order chi connectivity index (χ1) is 9.61. The summed E-state index contributed by atoms with van der Waals surface area (Å²) in [6.45, 7) is 1.73. The van der Waals surface area contributed by atoms with Crippen LogP contribution in [0.3, 0.4) is 0 Å². The molecule has 0 bridgehead atoms. The van der Waals surface area contributed by atoms with Crippen molar-refractivity contribution in [3.05, 3.63) is 35.4 Å².